The fraction of sp³-hybridized carbons (Fsp3) is 0.318. The highest BCUT2D eigenvalue weighted by atomic mass is 32.2. The summed E-state index contributed by atoms with van der Waals surface area (Å²) < 4.78 is 39.7. The van der Waals surface area contributed by atoms with Gasteiger partial charge in [0.2, 0.25) is 5.89 Å². The minimum atomic E-state index is -3.88. The van der Waals surface area contributed by atoms with Crippen molar-refractivity contribution >= 4 is 27.3 Å². The maximum Gasteiger partial charge on any atom is 0.265 e. The van der Waals surface area contributed by atoms with Crippen LogP contribution in [0.2, 0.25) is 0 Å². The zero-order valence-electron chi connectivity index (χ0n) is 18.3. The van der Waals surface area contributed by atoms with Gasteiger partial charge in [0.15, 0.2) is 12.4 Å². The van der Waals surface area contributed by atoms with Crippen molar-refractivity contribution in [2.24, 2.45) is 0 Å². The molecule has 0 radical (unpaired) electrons. The second kappa shape index (κ2) is 8.27. The highest BCUT2D eigenvalue weighted by Gasteiger charge is 2.30. The summed E-state index contributed by atoms with van der Waals surface area (Å²) in [6.45, 7) is 7.20. The van der Waals surface area contributed by atoms with Gasteiger partial charge in [-0.1, -0.05) is 24.2 Å². The van der Waals surface area contributed by atoms with Crippen molar-refractivity contribution in [2.75, 3.05) is 16.2 Å². The van der Waals surface area contributed by atoms with Crippen LogP contribution in [0.4, 0.5) is 11.4 Å². The number of amides is 1. The highest BCUT2D eigenvalue weighted by Crippen LogP contribution is 2.37. The van der Waals surface area contributed by atoms with Gasteiger partial charge in [-0.2, -0.15) is 4.98 Å². The lowest BCUT2D eigenvalue weighted by Crippen LogP contribution is -2.38. The van der Waals surface area contributed by atoms with Gasteiger partial charge in [0.05, 0.1) is 22.8 Å². The summed E-state index contributed by atoms with van der Waals surface area (Å²) in [5.41, 5.74) is 3.22. The lowest BCUT2D eigenvalue weighted by molar-refractivity contribution is -0.121. The minimum Gasteiger partial charge on any atom is -0.482 e. The van der Waals surface area contributed by atoms with Crippen LogP contribution in [0, 0.1) is 20.8 Å². The van der Waals surface area contributed by atoms with E-state index in [1.807, 2.05) is 32.9 Å². The van der Waals surface area contributed by atoms with E-state index < -0.39 is 10.0 Å². The van der Waals surface area contributed by atoms with Gasteiger partial charge in [-0.25, -0.2) is 8.42 Å². The predicted molar refractivity (Wildman–Crippen MR) is 118 cm³/mol. The maximum absolute atomic E-state index is 13.2. The van der Waals surface area contributed by atoms with Crippen LogP contribution in [-0.4, -0.2) is 31.1 Å². The van der Waals surface area contributed by atoms with Gasteiger partial charge in [0.25, 0.3) is 15.9 Å². The van der Waals surface area contributed by atoms with Crippen molar-refractivity contribution < 1.29 is 22.5 Å². The van der Waals surface area contributed by atoms with Crippen LogP contribution < -0.4 is 14.4 Å². The van der Waals surface area contributed by atoms with E-state index >= 15 is 0 Å². The molecule has 1 aliphatic heterocycles. The van der Waals surface area contributed by atoms with E-state index in [4.69, 9.17) is 9.26 Å². The number of sulfonamides is 1. The number of carbonyl (C=O) groups is 1. The van der Waals surface area contributed by atoms with Gasteiger partial charge in [-0.3, -0.25) is 14.4 Å². The number of hydrogen-bond acceptors (Lipinski definition) is 7. The zero-order chi connectivity index (χ0) is 23.0. The molecule has 9 nitrogen and oxygen atoms in total. The molecule has 10 heteroatoms. The van der Waals surface area contributed by atoms with E-state index in [0.29, 0.717) is 40.8 Å². The number of nitrogens with zero attached hydrogens (tertiary/aromatic N) is 3. The Morgan fingerprint density at radius 1 is 1.12 bits per heavy atom. The van der Waals surface area contributed by atoms with E-state index in [1.54, 1.807) is 19.1 Å². The molecule has 0 atom stereocenters. The van der Waals surface area contributed by atoms with Crippen LogP contribution in [0.5, 0.6) is 5.75 Å². The molecule has 0 spiro atoms. The maximum atomic E-state index is 13.2. The summed E-state index contributed by atoms with van der Waals surface area (Å²) in [4.78, 5) is 18.3. The SMILES string of the molecule is CCc1nc(CN2C(=O)COc3cc(S(=O)(=O)Nc4cc(C)ccc4C)c(C)cc32)no1. The van der Waals surface area contributed by atoms with Crippen molar-refractivity contribution in [2.45, 2.75) is 45.6 Å². The number of hydrogen-bond donors (Lipinski definition) is 1. The highest BCUT2D eigenvalue weighted by molar-refractivity contribution is 7.92. The number of aryl methyl sites for hydroxylation is 4. The topological polar surface area (TPSA) is 115 Å². The zero-order valence-corrected chi connectivity index (χ0v) is 19.1. The smallest absolute Gasteiger partial charge is 0.265 e. The van der Waals surface area contributed by atoms with Crippen molar-refractivity contribution in [3.63, 3.8) is 0 Å². The van der Waals surface area contributed by atoms with Crippen LogP contribution in [0.15, 0.2) is 39.8 Å². The number of rotatable bonds is 6. The molecule has 1 aliphatic rings. The molecule has 4 rings (SSSR count). The molecule has 1 aromatic heterocycles. The number of nitrogens with one attached hydrogen (secondary N) is 1. The van der Waals surface area contributed by atoms with Crippen LogP contribution in [0.1, 0.15) is 35.3 Å². The number of aromatic nitrogens is 2. The fourth-order valence-electron chi connectivity index (χ4n) is 3.48. The predicted octanol–water partition coefficient (Wildman–Crippen LogP) is 3.28. The van der Waals surface area contributed by atoms with Gasteiger partial charge >= 0.3 is 0 Å². The molecule has 32 heavy (non-hydrogen) atoms. The van der Waals surface area contributed by atoms with E-state index in [1.165, 1.54) is 11.0 Å². The monoisotopic (exact) mass is 456 g/mol. The summed E-state index contributed by atoms with van der Waals surface area (Å²) in [6.07, 6.45) is 0.592. The fourth-order valence-corrected chi connectivity index (χ4v) is 4.84. The van der Waals surface area contributed by atoms with E-state index in [2.05, 4.69) is 14.9 Å². The molecule has 0 aliphatic carbocycles. The van der Waals surface area contributed by atoms with Crippen molar-refractivity contribution in [3.05, 3.63) is 58.7 Å². The second-order valence-corrected chi connectivity index (χ2v) is 9.39. The molecule has 0 fully saturated rings. The normalized spacial score (nSPS) is 13.6. The molecule has 0 bridgehead atoms. The Kier molecular flexibility index (Phi) is 5.64. The first-order valence-electron chi connectivity index (χ1n) is 10.2. The summed E-state index contributed by atoms with van der Waals surface area (Å²) in [5.74, 6) is 0.879. The third kappa shape index (κ3) is 4.18. The summed E-state index contributed by atoms with van der Waals surface area (Å²) in [6, 6.07) is 8.65. The number of carbonyl (C=O) groups excluding carboxylic acids is 1. The minimum absolute atomic E-state index is 0.0827. The van der Waals surface area contributed by atoms with Crippen LogP contribution in [-0.2, 0) is 27.8 Å². The van der Waals surface area contributed by atoms with Gasteiger partial charge < -0.3 is 9.26 Å². The first kappa shape index (κ1) is 21.8. The number of anilines is 2. The molecule has 2 aromatic carbocycles. The van der Waals surface area contributed by atoms with E-state index in [-0.39, 0.29) is 24.0 Å². The Balaban J connectivity index is 1.68. The molecular formula is C22H24N4O5S. The average Bonchev–Trinajstić information content (AvgIpc) is 3.20. The molecule has 2 heterocycles. The Morgan fingerprint density at radius 3 is 2.62 bits per heavy atom. The summed E-state index contributed by atoms with van der Waals surface area (Å²) >= 11 is 0. The van der Waals surface area contributed by atoms with Crippen molar-refractivity contribution in [1.29, 1.82) is 0 Å². The molecule has 1 amide bonds. The molecular weight excluding hydrogens is 432 g/mol. The van der Waals surface area contributed by atoms with E-state index in [0.717, 1.165) is 11.1 Å². The molecule has 0 saturated carbocycles. The number of benzene rings is 2. The van der Waals surface area contributed by atoms with Crippen LogP contribution >= 0.6 is 0 Å². The molecule has 0 unspecified atom stereocenters. The quantitative estimate of drug-likeness (QED) is 0.605. The Bertz CT molecular complexity index is 1300. The van der Waals surface area contributed by atoms with Crippen molar-refractivity contribution in [1.82, 2.24) is 10.1 Å². The lowest BCUT2D eigenvalue weighted by atomic mass is 10.1. The summed E-state index contributed by atoms with van der Waals surface area (Å²) in [7, 11) is -3.88. The molecule has 3 aromatic rings. The Morgan fingerprint density at radius 2 is 1.91 bits per heavy atom. The molecule has 0 saturated heterocycles. The van der Waals surface area contributed by atoms with Gasteiger partial charge in [0.1, 0.15) is 5.75 Å². The van der Waals surface area contributed by atoms with Crippen LogP contribution in [0.25, 0.3) is 0 Å². The number of ether oxygens (including phenoxy) is 1. The average molecular weight is 457 g/mol. The first-order valence-corrected chi connectivity index (χ1v) is 11.7. The van der Waals surface area contributed by atoms with Crippen LogP contribution in [0.3, 0.4) is 0 Å². The number of fused-ring (bicyclic) bond motifs is 1. The Hall–Kier alpha value is -3.40. The van der Waals surface area contributed by atoms with Gasteiger partial charge in [0, 0.05) is 12.5 Å². The third-order valence-corrected chi connectivity index (χ3v) is 6.75. The van der Waals surface area contributed by atoms with E-state index in [9.17, 15) is 13.2 Å². The van der Waals surface area contributed by atoms with Crippen molar-refractivity contribution in [3.8, 4) is 5.75 Å². The second-order valence-electron chi connectivity index (χ2n) is 7.74. The third-order valence-electron chi connectivity index (χ3n) is 5.24. The van der Waals surface area contributed by atoms with Gasteiger partial charge in [-0.15, -0.1) is 0 Å². The lowest BCUT2D eigenvalue weighted by Gasteiger charge is -2.29. The standard InChI is InChI=1S/C22H24N4O5S/c1-5-21-23-20(24-31-21)11-26-17-9-15(4)19(10-18(17)30-12-22(26)27)32(28,29)25-16-8-13(2)6-7-14(16)3/h6-10,25H,5,11-12H2,1-4H3. The largest absolute Gasteiger partial charge is 0.482 e. The molecule has 168 valence electrons. The molecule has 1 N–H and O–H groups in total. The first-order chi connectivity index (χ1) is 15.2. The van der Waals surface area contributed by atoms with Gasteiger partial charge in [-0.05, 0) is 49.6 Å². The Labute approximate surface area is 186 Å². The summed E-state index contributed by atoms with van der Waals surface area (Å²) in [5, 5.41) is 3.90.